The second kappa shape index (κ2) is 5.59. The first-order valence-corrected chi connectivity index (χ1v) is 5.73. The number of nitrogens with two attached hydrogens (primary N) is 1. The summed E-state index contributed by atoms with van der Waals surface area (Å²) in [7, 11) is 0. The normalized spacial score (nSPS) is 12.6. The van der Waals surface area contributed by atoms with Gasteiger partial charge in [-0.25, -0.2) is 0 Å². The highest BCUT2D eigenvalue weighted by Crippen LogP contribution is 2.34. The molecule has 0 saturated heterocycles. The molecule has 0 amide bonds. The summed E-state index contributed by atoms with van der Waals surface area (Å²) in [6.07, 6.45) is 0.823. The van der Waals surface area contributed by atoms with Crippen LogP contribution in [0.3, 0.4) is 0 Å². The van der Waals surface area contributed by atoms with Crippen LogP contribution < -0.4 is 10.5 Å². The van der Waals surface area contributed by atoms with Crippen LogP contribution in [0.25, 0.3) is 0 Å². The van der Waals surface area contributed by atoms with Crippen LogP contribution in [0.1, 0.15) is 31.9 Å². The Morgan fingerprint density at radius 3 is 2.47 bits per heavy atom. The van der Waals surface area contributed by atoms with Crippen molar-refractivity contribution in [2.75, 3.05) is 6.61 Å². The Bertz CT molecular complexity index is 342. The lowest BCUT2D eigenvalue weighted by atomic mass is 10.1. The highest BCUT2D eigenvalue weighted by atomic mass is 35.5. The molecule has 4 heteroatoms. The van der Waals surface area contributed by atoms with E-state index < -0.39 is 0 Å². The van der Waals surface area contributed by atoms with Crippen LogP contribution in [0.5, 0.6) is 5.75 Å². The maximum Gasteiger partial charge on any atom is 0.139 e. The van der Waals surface area contributed by atoms with Crippen LogP contribution in [0.4, 0.5) is 0 Å². The monoisotopic (exact) mass is 247 g/mol. The van der Waals surface area contributed by atoms with Crippen molar-refractivity contribution in [1.29, 1.82) is 0 Å². The average Bonchev–Trinajstić information content (AvgIpc) is 2.22. The largest absolute Gasteiger partial charge is 0.492 e. The van der Waals surface area contributed by atoms with E-state index in [0.717, 1.165) is 12.0 Å². The molecule has 0 fully saturated rings. The molecule has 2 nitrogen and oxygen atoms in total. The molecule has 15 heavy (non-hydrogen) atoms. The molecule has 1 aromatic rings. The zero-order valence-corrected chi connectivity index (χ0v) is 10.4. The molecule has 1 aromatic carbocycles. The van der Waals surface area contributed by atoms with Gasteiger partial charge in [-0.15, -0.1) is 0 Å². The zero-order valence-electron chi connectivity index (χ0n) is 8.89. The summed E-state index contributed by atoms with van der Waals surface area (Å²) < 4.78 is 5.33. The van der Waals surface area contributed by atoms with Crippen molar-refractivity contribution in [1.82, 2.24) is 0 Å². The number of ether oxygens (including phenoxy) is 1. The molecular formula is C11H15Cl2NO. The van der Waals surface area contributed by atoms with Gasteiger partial charge in [0.1, 0.15) is 5.75 Å². The van der Waals surface area contributed by atoms with E-state index in [-0.39, 0.29) is 6.04 Å². The second-order valence-corrected chi connectivity index (χ2v) is 4.07. The smallest absolute Gasteiger partial charge is 0.139 e. The van der Waals surface area contributed by atoms with E-state index >= 15 is 0 Å². The Labute approximate surface area is 100 Å². The summed E-state index contributed by atoms with van der Waals surface area (Å²) >= 11 is 12.1. The lowest BCUT2D eigenvalue weighted by Crippen LogP contribution is -2.09. The van der Waals surface area contributed by atoms with Gasteiger partial charge in [-0.2, -0.15) is 0 Å². The van der Waals surface area contributed by atoms with Crippen LogP contribution >= 0.6 is 23.2 Å². The molecule has 0 heterocycles. The molecule has 1 atom stereocenters. The third kappa shape index (κ3) is 3.00. The highest BCUT2D eigenvalue weighted by molar-refractivity contribution is 6.34. The first-order valence-electron chi connectivity index (χ1n) is 4.97. The zero-order chi connectivity index (χ0) is 11.4. The molecule has 0 aliphatic rings. The molecule has 0 aliphatic carbocycles. The Hall–Kier alpha value is -0.440. The van der Waals surface area contributed by atoms with Crippen molar-refractivity contribution < 1.29 is 4.74 Å². The van der Waals surface area contributed by atoms with Crippen LogP contribution in [0, 0.1) is 0 Å². The molecule has 0 aromatic heterocycles. The molecule has 2 N–H and O–H groups in total. The minimum atomic E-state index is -0.0781. The van der Waals surface area contributed by atoms with Gasteiger partial charge < -0.3 is 10.5 Å². The topological polar surface area (TPSA) is 35.2 Å². The van der Waals surface area contributed by atoms with E-state index in [2.05, 4.69) is 0 Å². The fourth-order valence-electron chi connectivity index (χ4n) is 1.31. The van der Waals surface area contributed by atoms with Crippen molar-refractivity contribution >= 4 is 23.2 Å². The number of benzene rings is 1. The molecule has 1 rings (SSSR count). The van der Waals surface area contributed by atoms with E-state index in [0.29, 0.717) is 22.4 Å². The maximum absolute atomic E-state index is 6.09. The van der Waals surface area contributed by atoms with Gasteiger partial charge in [0.15, 0.2) is 0 Å². The van der Waals surface area contributed by atoms with Gasteiger partial charge in [0.2, 0.25) is 0 Å². The Morgan fingerprint density at radius 2 is 1.93 bits per heavy atom. The molecular weight excluding hydrogens is 233 g/mol. The number of hydrogen-bond donors (Lipinski definition) is 1. The van der Waals surface area contributed by atoms with E-state index in [4.69, 9.17) is 33.7 Å². The molecule has 0 saturated carbocycles. The molecule has 0 radical (unpaired) electrons. The lowest BCUT2D eigenvalue weighted by Gasteiger charge is -2.14. The van der Waals surface area contributed by atoms with E-state index in [1.54, 1.807) is 12.1 Å². The molecule has 0 spiro atoms. The van der Waals surface area contributed by atoms with Gasteiger partial charge in [0, 0.05) is 17.1 Å². The summed E-state index contributed by atoms with van der Waals surface area (Å²) in [6.45, 7) is 4.47. The Balaban J connectivity index is 3.07. The van der Waals surface area contributed by atoms with Crippen LogP contribution in [-0.4, -0.2) is 6.61 Å². The van der Waals surface area contributed by atoms with Crippen molar-refractivity contribution in [2.24, 2.45) is 5.73 Å². The summed E-state index contributed by atoms with van der Waals surface area (Å²) in [4.78, 5) is 0. The summed E-state index contributed by atoms with van der Waals surface area (Å²) in [6, 6.07) is 3.42. The fraction of sp³-hybridized carbons (Fsp3) is 0.455. The van der Waals surface area contributed by atoms with Crippen molar-refractivity contribution in [3.8, 4) is 5.75 Å². The van der Waals surface area contributed by atoms with Gasteiger partial charge in [0.25, 0.3) is 0 Å². The van der Waals surface area contributed by atoms with Gasteiger partial charge in [-0.05, 0) is 25.0 Å². The Kier molecular flexibility index (Phi) is 4.71. The number of halogens is 2. The molecule has 84 valence electrons. The number of rotatable bonds is 4. The standard InChI is InChI=1S/C11H15Cl2NO/c1-3-10(14)7-5-9(13)11(15-4-2)6-8(7)12/h5-6,10H,3-4,14H2,1-2H3/t10-/m0/s1. The maximum atomic E-state index is 6.09. The SMILES string of the molecule is CCOc1cc(Cl)c([C@@H](N)CC)cc1Cl. The van der Waals surface area contributed by atoms with Crippen molar-refractivity contribution in [3.05, 3.63) is 27.7 Å². The van der Waals surface area contributed by atoms with Gasteiger partial charge in [-0.1, -0.05) is 30.1 Å². The average molecular weight is 248 g/mol. The van der Waals surface area contributed by atoms with Crippen LogP contribution in [0.2, 0.25) is 10.0 Å². The molecule has 0 aliphatic heterocycles. The fourth-order valence-corrected chi connectivity index (χ4v) is 1.83. The number of hydrogen-bond acceptors (Lipinski definition) is 2. The third-order valence-electron chi connectivity index (χ3n) is 2.19. The van der Waals surface area contributed by atoms with Gasteiger partial charge in [-0.3, -0.25) is 0 Å². The quantitative estimate of drug-likeness (QED) is 0.879. The first kappa shape index (κ1) is 12.6. The van der Waals surface area contributed by atoms with E-state index in [1.807, 2.05) is 13.8 Å². The van der Waals surface area contributed by atoms with Crippen LogP contribution in [0.15, 0.2) is 12.1 Å². The second-order valence-electron chi connectivity index (χ2n) is 3.25. The highest BCUT2D eigenvalue weighted by Gasteiger charge is 2.12. The van der Waals surface area contributed by atoms with E-state index in [1.165, 1.54) is 0 Å². The van der Waals surface area contributed by atoms with Gasteiger partial charge >= 0.3 is 0 Å². The first-order chi connectivity index (χ1) is 7.10. The minimum absolute atomic E-state index is 0.0781. The predicted octanol–water partition coefficient (Wildman–Crippen LogP) is 3.80. The summed E-state index contributed by atoms with van der Waals surface area (Å²) in [5, 5.41) is 1.16. The third-order valence-corrected chi connectivity index (χ3v) is 2.81. The van der Waals surface area contributed by atoms with Gasteiger partial charge in [0.05, 0.1) is 11.6 Å². The molecule has 0 bridgehead atoms. The van der Waals surface area contributed by atoms with Crippen molar-refractivity contribution in [2.45, 2.75) is 26.3 Å². The predicted molar refractivity (Wildman–Crippen MR) is 64.9 cm³/mol. The van der Waals surface area contributed by atoms with E-state index in [9.17, 15) is 0 Å². The van der Waals surface area contributed by atoms with Crippen LogP contribution in [-0.2, 0) is 0 Å². The lowest BCUT2D eigenvalue weighted by molar-refractivity contribution is 0.340. The Morgan fingerprint density at radius 1 is 1.27 bits per heavy atom. The van der Waals surface area contributed by atoms with Crippen molar-refractivity contribution in [3.63, 3.8) is 0 Å². The molecule has 0 unspecified atom stereocenters. The summed E-state index contributed by atoms with van der Waals surface area (Å²) in [5.74, 6) is 0.608. The minimum Gasteiger partial charge on any atom is -0.492 e. The summed E-state index contributed by atoms with van der Waals surface area (Å²) in [5.41, 5.74) is 6.77.